The Morgan fingerprint density at radius 1 is 1.12 bits per heavy atom. The van der Waals surface area contributed by atoms with Crippen molar-refractivity contribution in [3.05, 3.63) is 60.7 Å². The summed E-state index contributed by atoms with van der Waals surface area (Å²) in [5.74, 6) is 0.191. The summed E-state index contributed by atoms with van der Waals surface area (Å²) in [4.78, 5) is 12.0. The van der Waals surface area contributed by atoms with E-state index in [4.69, 9.17) is 0 Å². The zero-order valence-corrected chi connectivity index (χ0v) is 9.15. The minimum Gasteiger partial charge on any atom is -0.294 e. The van der Waals surface area contributed by atoms with Crippen LogP contribution in [0, 0.1) is 0 Å². The maximum Gasteiger partial charge on any atom is 0.163 e. The first kappa shape index (κ1) is 10.6. The molecule has 0 unspecified atom stereocenters. The Balaban J connectivity index is 2.44. The molecule has 2 rings (SSSR count). The molecule has 0 aliphatic carbocycles. The lowest BCUT2D eigenvalue weighted by Crippen LogP contribution is -1.98. The second kappa shape index (κ2) is 4.75. The van der Waals surface area contributed by atoms with Gasteiger partial charge in [-0.15, -0.1) is 6.58 Å². The number of carbonyl (C=O) groups is 1. The van der Waals surface area contributed by atoms with E-state index >= 15 is 0 Å². The normalized spacial score (nSPS) is 10.2. The zero-order valence-electron chi connectivity index (χ0n) is 9.15. The highest BCUT2D eigenvalue weighted by molar-refractivity contribution is 6.08. The molecule has 0 aliphatic rings. The standard InChI is InChI=1S/C15H14O/c1-2-3-11-15(16)14-10-6-8-12-7-4-5-9-13(12)14/h2,4-10H,1,3,11H2. The molecule has 1 heteroatoms. The van der Waals surface area contributed by atoms with Crippen LogP contribution in [0.1, 0.15) is 23.2 Å². The van der Waals surface area contributed by atoms with E-state index in [1.807, 2.05) is 42.5 Å². The van der Waals surface area contributed by atoms with Crippen molar-refractivity contribution in [2.45, 2.75) is 12.8 Å². The molecular formula is C15H14O. The van der Waals surface area contributed by atoms with Crippen LogP contribution in [0.25, 0.3) is 10.8 Å². The SMILES string of the molecule is C=CCCC(=O)c1cccc2ccccc12. The fourth-order valence-electron chi connectivity index (χ4n) is 1.84. The van der Waals surface area contributed by atoms with Crippen molar-refractivity contribution in [1.82, 2.24) is 0 Å². The van der Waals surface area contributed by atoms with E-state index < -0.39 is 0 Å². The van der Waals surface area contributed by atoms with Gasteiger partial charge in [-0.2, -0.15) is 0 Å². The molecule has 0 aromatic heterocycles. The summed E-state index contributed by atoms with van der Waals surface area (Å²) in [5, 5.41) is 2.16. The number of ketones is 1. The van der Waals surface area contributed by atoms with Crippen LogP contribution in [-0.4, -0.2) is 5.78 Å². The Morgan fingerprint density at radius 3 is 2.69 bits per heavy atom. The lowest BCUT2D eigenvalue weighted by Gasteiger charge is -2.04. The molecule has 0 saturated carbocycles. The maximum atomic E-state index is 12.0. The second-order valence-electron chi connectivity index (χ2n) is 3.78. The molecule has 0 saturated heterocycles. The molecule has 16 heavy (non-hydrogen) atoms. The number of hydrogen-bond acceptors (Lipinski definition) is 1. The zero-order chi connectivity index (χ0) is 11.4. The van der Waals surface area contributed by atoms with E-state index in [2.05, 4.69) is 6.58 Å². The van der Waals surface area contributed by atoms with Crippen molar-refractivity contribution in [3.8, 4) is 0 Å². The molecule has 0 amide bonds. The van der Waals surface area contributed by atoms with Crippen molar-refractivity contribution in [2.24, 2.45) is 0 Å². The molecule has 0 bridgehead atoms. The van der Waals surface area contributed by atoms with E-state index in [9.17, 15) is 4.79 Å². The van der Waals surface area contributed by atoms with E-state index in [0.29, 0.717) is 6.42 Å². The number of hydrogen-bond donors (Lipinski definition) is 0. The van der Waals surface area contributed by atoms with Gasteiger partial charge in [0.2, 0.25) is 0 Å². The van der Waals surface area contributed by atoms with Gasteiger partial charge in [-0.3, -0.25) is 4.79 Å². The van der Waals surface area contributed by atoms with Gasteiger partial charge >= 0.3 is 0 Å². The van der Waals surface area contributed by atoms with E-state index in [0.717, 1.165) is 22.8 Å². The highest BCUT2D eigenvalue weighted by Crippen LogP contribution is 2.20. The second-order valence-corrected chi connectivity index (χ2v) is 3.78. The Kier molecular flexibility index (Phi) is 3.16. The highest BCUT2D eigenvalue weighted by atomic mass is 16.1. The van der Waals surface area contributed by atoms with Crippen molar-refractivity contribution in [1.29, 1.82) is 0 Å². The molecule has 0 heterocycles. The summed E-state index contributed by atoms with van der Waals surface area (Å²) < 4.78 is 0. The first-order valence-corrected chi connectivity index (χ1v) is 5.45. The number of allylic oxidation sites excluding steroid dienone is 1. The van der Waals surface area contributed by atoms with Crippen molar-refractivity contribution in [2.75, 3.05) is 0 Å². The van der Waals surface area contributed by atoms with Gasteiger partial charge in [0.15, 0.2) is 5.78 Å². The maximum absolute atomic E-state index is 12.0. The van der Waals surface area contributed by atoms with Gasteiger partial charge in [0, 0.05) is 12.0 Å². The van der Waals surface area contributed by atoms with Crippen LogP contribution in [0.5, 0.6) is 0 Å². The molecule has 0 spiro atoms. The Labute approximate surface area is 95.4 Å². The van der Waals surface area contributed by atoms with Crippen LogP contribution in [0.15, 0.2) is 55.1 Å². The third-order valence-electron chi connectivity index (χ3n) is 2.67. The van der Waals surface area contributed by atoms with Crippen LogP contribution >= 0.6 is 0 Å². The van der Waals surface area contributed by atoms with E-state index in [-0.39, 0.29) is 5.78 Å². The molecule has 0 radical (unpaired) electrons. The summed E-state index contributed by atoms with van der Waals surface area (Å²) in [7, 11) is 0. The minimum atomic E-state index is 0.191. The quantitative estimate of drug-likeness (QED) is 0.551. The van der Waals surface area contributed by atoms with Crippen LogP contribution in [0.3, 0.4) is 0 Å². The number of Topliss-reactive ketones (excluding diaryl/α,β-unsaturated/α-hetero) is 1. The van der Waals surface area contributed by atoms with E-state index in [1.54, 1.807) is 6.08 Å². The van der Waals surface area contributed by atoms with Crippen molar-refractivity contribution >= 4 is 16.6 Å². The smallest absolute Gasteiger partial charge is 0.163 e. The molecule has 0 atom stereocenters. The molecule has 0 aliphatic heterocycles. The topological polar surface area (TPSA) is 17.1 Å². The third-order valence-corrected chi connectivity index (χ3v) is 2.67. The van der Waals surface area contributed by atoms with Crippen LogP contribution in [0.4, 0.5) is 0 Å². The average Bonchev–Trinajstić information content (AvgIpc) is 2.35. The van der Waals surface area contributed by atoms with Crippen molar-refractivity contribution < 1.29 is 4.79 Å². The van der Waals surface area contributed by atoms with Crippen molar-refractivity contribution in [3.63, 3.8) is 0 Å². The summed E-state index contributed by atoms with van der Waals surface area (Å²) in [6.45, 7) is 3.64. The number of benzene rings is 2. The number of fused-ring (bicyclic) bond motifs is 1. The van der Waals surface area contributed by atoms with Crippen LogP contribution in [-0.2, 0) is 0 Å². The number of rotatable bonds is 4. The van der Waals surface area contributed by atoms with Gasteiger partial charge in [-0.1, -0.05) is 48.5 Å². The first-order valence-electron chi connectivity index (χ1n) is 5.45. The first-order chi connectivity index (χ1) is 7.83. The molecule has 0 fully saturated rings. The lowest BCUT2D eigenvalue weighted by atomic mass is 9.99. The molecule has 1 nitrogen and oxygen atoms in total. The van der Waals surface area contributed by atoms with E-state index in [1.165, 1.54) is 0 Å². The number of carbonyl (C=O) groups excluding carboxylic acids is 1. The van der Waals surface area contributed by atoms with Crippen LogP contribution in [0.2, 0.25) is 0 Å². The Morgan fingerprint density at radius 2 is 1.88 bits per heavy atom. The summed E-state index contributed by atoms with van der Waals surface area (Å²) >= 11 is 0. The lowest BCUT2D eigenvalue weighted by molar-refractivity contribution is 0.0985. The monoisotopic (exact) mass is 210 g/mol. The molecule has 2 aromatic carbocycles. The molecule has 80 valence electrons. The summed E-state index contributed by atoms with van der Waals surface area (Å²) in [6, 6.07) is 13.8. The van der Waals surface area contributed by atoms with Gasteiger partial charge in [-0.25, -0.2) is 0 Å². The Hall–Kier alpha value is -1.89. The van der Waals surface area contributed by atoms with Gasteiger partial charge in [0.25, 0.3) is 0 Å². The Bertz CT molecular complexity index is 520. The summed E-state index contributed by atoms with van der Waals surface area (Å²) in [6.07, 6.45) is 3.06. The summed E-state index contributed by atoms with van der Waals surface area (Å²) in [5.41, 5.74) is 0.819. The third kappa shape index (κ3) is 2.03. The fraction of sp³-hybridized carbons (Fsp3) is 0.133. The van der Waals surface area contributed by atoms with Gasteiger partial charge in [0.05, 0.1) is 0 Å². The van der Waals surface area contributed by atoms with Gasteiger partial charge in [0.1, 0.15) is 0 Å². The molecular weight excluding hydrogens is 196 g/mol. The van der Waals surface area contributed by atoms with Gasteiger partial charge < -0.3 is 0 Å². The minimum absolute atomic E-state index is 0.191. The fourth-order valence-corrected chi connectivity index (χ4v) is 1.84. The average molecular weight is 210 g/mol. The van der Waals surface area contributed by atoms with Crippen LogP contribution < -0.4 is 0 Å². The molecule has 2 aromatic rings. The predicted molar refractivity (Wildman–Crippen MR) is 67.7 cm³/mol. The highest BCUT2D eigenvalue weighted by Gasteiger charge is 2.08. The molecule has 0 N–H and O–H groups in total. The largest absolute Gasteiger partial charge is 0.294 e. The predicted octanol–water partition coefficient (Wildman–Crippen LogP) is 3.99. The van der Waals surface area contributed by atoms with Gasteiger partial charge in [-0.05, 0) is 17.2 Å².